The quantitative estimate of drug-likeness (QED) is 0.411. The molecular weight excluding hydrogens is 407 g/mol. The molecule has 10 heteroatoms. The fraction of sp³-hybridized carbons (Fsp3) is 0.316. The molecule has 3 rings (SSSR count). The first-order chi connectivity index (χ1) is 13.9. The third kappa shape index (κ3) is 4.79. The number of aromatic nitrogens is 4. The van der Waals surface area contributed by atoms with Crippen molar-refractivity contribution in [2.75, 3.05) is 25.1 Å². The molecule has 6 nitrogen and oxygen atoms in total. The van der Waals surface area contributed by atoms with Crippen LogP contribution in [0.15, 0.2) is 30.6 Å². The minimum atomic E-state index is -0.777. The molecule has 0 saturated carbocycles. The van der Waals surface area contributed by atoms with Crippen molar-refractivity contribution in [3.05, 3.63) is 58.5 Å². The van der Waals surface area contributed by atoms with Crippen LogP contribution in [-0.4, -0.2) is 39.4 Å². The van der Waals surface area contributed by atoms with Gasteiger partial charge in [0.1, 0.15) is 48.0 Å². The second-order valence-electron chi connectivity index (χ2n) is 6.42. The summed E-state index contributed by atoms with van der Waals surface area (Å²) in [6, 6.07) is 2.07. The number of nitrogens with one attached hydrogen (secondary N) is 1. The Morgan fingerprint density at radius 1 is 1.24 bits per heavy atom. The van der Waals surface area contributed by atoms with Crippen LogP contribution in [-0.2, 0) is 12.8 Å². The highest BCUT2D eigenvalue weighted by Crippen LogP contribution is 2.27. The highest BCUT2D eigenvalue weighted by atomic mass is 35.5. The number of ether oxygens (including phenoxy) is 1. The van der Waals surface area contributed by atoms with E-state index in [4.69, 9.17) is 16.3 Å². The summed E-state index contributed by atoms with van der Waals surface area (Å²) >= 11 is 6.31. The number of anilines is 1. The minimum Gasteiger partial charge on any atom is -0.491 e. The highest BCUT2D eigenvalue weighted by Gasteiger charge is 2.18. The van der Waals surface area contributed by atoms with E-state index in [1.807, 2.05) is 6.92 Å². The number of benzene rings is 1. The zero-order valence-corrected chi connectivity index (χ0v) is 16.4. The molecule has 0 spiro atoms. The molecule has 1 N–H and O–H groups in total. The molecule has 154 valence electrons. The highest BCUT2D eigenvalue weighted by molar-refractivity contribution is 6.30. The Labute approximate surface area is 170 Å². The molecule has 0 aliphatic carbocycles. The van der Waals surface area contributed by atoms with Gasteiger partial charge in [0.2, 0.25) is 0 Å². The smallest absolute Gasteiger partial charge is 0.255 e. The third-order valence-corrected chi connectivity index (χ3v) is 4.43. The van der Waals surface area contributed by atoms with Gasteiger partial charge in [-0.15, -0.1) is 0 Å². The number of hydrogen-bond donors (Lipinski definition) is 1. The molecule has 2 heterocycles. The Hall–Kier alpha value is -2.81. The first-order valence-corrected chi connectivity index (χ1v) is 9.21. The summed E-state index contributed by atoms with van der Waals surface area (Å²) in [4.78, 5) is 8.20. The fourth-order valence-electron chi connectivity index (χ4n) is 2.80. The molecule has 0 atom stereocenters. The lowest BCUT2D eigenvalue weighted by atomic mass is 10.0. The largest absolute Gasteiger partial charge is 0.491 e. The van der Waals surface area contributed by atoms with E-state index in [-0.39, 0.29) is 35.9 Å². The summed E-state index contributed by atoms with van der Waals surface area (Å²) in [5.41, 5.74) is 1.29. The summed E-state index contributed by atoms with van der Waals surface area (Å²) in [7, 11) is 0. The molecule has 0 aliphatic heterocycles. The van der Waals surface area contributed by atoms with Gasteiger partial charge >= 0.3 is 0 Å². The molecule has 1 aromatic carbocycles. The first-order valence-electron chi connectivity index (χ1n) is 8.83. The molecule has 29 heavy (non-hydrogen) atoms. The summed E-state index contributed by atoms with van der Waals surface area (Å²) < 4.78 is 47.4. The maximum Gasteiger partial charge on any atom is 0.255 e. The molecule has 0 amide bonds. The van der Waals surface area contributed by atoms with Crippen LogP contribution in [0.5, 0.6) is 5.75 Å². The second-order valence-corrected chi connectivity index (χ2v) is 6.77. The number of halogens is 4. The monoisotopic (exact) mass is 425 g/mol. The third-order valence-electron chi connectivity index (χ3n) is 4.12. The second kappa shape index (κ2) is 9.13. The van der Waals surface area contributed by atoms with E-state index in [1.54, 1.807) is 0 Å². The van der Waals surface area contributed by atoms with Gasteiger partial charge in [0.25, 0.3) is 5.78 Å². The number of fused-ring (bicyclic) bond motifs is 1. The van der Waals surface area contributed by atoms with Gasteiger partial charge in [0.15, 0.2) is 0 Å². The summed E-state index contributed by atoms with van der Waals surface area (Å²) in [5, 5.41) is 7.46. The lowest BCUT2D eigenvalue weighted by molar-refractivity contribution is 0.271. The van der Waals surface area contributed by atoms with Crippen LogP contribution < -0.4 is 10.1 Å². The van der Waals surface area contributed by atoms with Crippen LogP contribution in [0.2, 0.25) is 5.15 Å². The van der Waals surface area contributed by atoms with Crippen molar-refractivity contribution < 1.29 is 17.9 Å². The molecule has 0 bridgehead atoms. The van der Waals surface area contributed by atoms with Crippen LogP contribution in [0.1, 0.15) is 18.1 Å². The van der Waals surface area contributed by atoms with Crippen LogP contribution >= 0.6 is 11.6 Å². The van der Waals surface area contributed by atoms with Gasteiger partial charge < -0.3 is 10.1 Å². The van der Waals surface area contributed by atoms with Crippen molar-refractivity contribution in [2.24, 2.45) is 0 Å². The van der Waals surface area contributed by atoms with E-state index in [0.29, 0.717) is 23.7 Å². The standard InChI is InChI=1S/C19H19ClF3N5O/c1-11(2)9-24-18-14(17(20)27-19-25-10-26-28(18)19)4-3-13-15(22)7-12(8-16(13)23)29-6-5-21/h7-8,10,24H,1,3-6,9H2,2H3. The SMILES string of the molecule is C=C(C)CNc1c(CCc2c(F)cc(OCCF)cc2F)c(Cl)nc2ncnn12. The summed E-state index contributed by atoms with van der Waals surface area (Å²) in [5.74, 6) is -0.782. The zero-order valence-electron chi connectivity index (χ0n) is 15.7. The van der Waals surface area contributed by atoms with Crippen molar-refractivity contribution in [2.45, 2.75) is 19.8 Å². The van der Waals surface area contributed by atoms with Crippen molar-refractivity contribution in [1.29, 1.82) is 0 Å². The Bertz CT molecular complexity index is 1020. The van der Waals surface area contributed by atoms with E-state index in [9.17, 15) is 13.2 Å². The number of hydrogen-bond acceptors (Lipinski definition) is 5. The van der Waals surface area contributed by atoms with Crippen LogP contribution in [0.25, 0.3) is 5.78 Å². The number of alkyl halides is 1. The zero-order chi connectivity index (χ0) is 21.0. The van der Waals surface area contributed by atoms with E-state index < -0.39 is 18.3 Å². The average Bonchev–Trinajstić information content (AvgIpc) is 3.12. The summed E-state index contributed by atoms with van der Waals surface area (Å²) in [6.45, 7) is 5.13. The maximum atomic E-state index is 14.4. The molecule has 2 aromatic heterocycles. The van der Waals surface area contributed by atoms with Gasteiger partial charge in [0, 0.05) is 29.8 Å². The van der Waals surface area contributed by atoms with Crippen LogP contribution in [0.3, 0.4) is 0 Å². The minimum absolute atomic E-state index is 0.0183. The van der Waals surface area contributed by atoms with Gasteiger partial charge in [-0.1, -0.05) is 23.8 Å². The molecular formula is C19H19ClF3N5O. The van der Waals surface area contributed by atoms with Crippen molar-refractivity contribution in [1.82, 2.24) is 19.6 Å². The van der Waals surface area contributed by atoms with Gasteiger partial charge in [-0.05, 0) is 19.8 Å². The normalized spacial score (nSPS) is 11.1. The van der Waals surface area contributed by atoms with Gasteiger partial charge in [-0.25, -0.2) is 13.2 Å². The van der Waals surface area contributed by atoms with E-state index in [2.05, 4.69) is 27.0 Å². The lowest BCUT2D eigenvalue weighted by Gasteiger charge is -2.15. The Balaban J connectivity index is 1.89. The molecule has 0 saturated heterocycles. The van der Waals surface area contributed by atoms with Crippen LogP contribution in [0, 0.1) is 11.6 Å². The lowest BCUT2D eigenvalue weighted by Crippen LogP contribution is -2.13. The Morgan fingerprint density at radius 2 is 1.93 bits per heavy atom. The van der Waals surface area contributed by atoms with Crippen molar-refractivity contribution >= 4 is 23.2 Å². The maximum absolute atomic E-state index is 14.4. The van der Waals surface area contributed by atoms with Gasteiger partial charge in [-0.2, -0.15) is 19.6 Å². The fourth-order valence-corrected chi connectivity index (χ4v) is 3.06. The van der Waals surface area contributed by atoms with Crippen LogP contribution in [0.4, 0.5) is 19.0 Å². The average molecular weight is 426 g/mol. The van der Waals surface area contributed by atoms with Crippen molar-refractivity contribution in [3.8, 4) is 5.75 Å². The first kappa shape index (κ1) is 20.9. The predicted molar refractivity (Wildman–Crippen MR) is 104 cm³/mol. The van der Waals surface area contributed by atoms with Gasteiger partial charge in [-0.3, -0.25) is 0 Å². The van der Waals surface area contributed by atoms with Crippen molar-refractivity contribution in [3.63, 3.8) is 0 Å². The van der Waals surface area contributed by atoms with Gasteiger partial charge in [0.05, 0.1) is 0 Å². The molecule has 0 radical (unpaired) electrons. The molecule has 0 unspecified atom stereocenters. The molecule has 0 aliphatic rings. The molecule has 0 fully saturated rings. The topological polar surface area (TPSA) is 64.3 Å². The molecule has 3 aromatic rings. The predicted octanol–water partition coefficient (Wildman–Crippen LogP) is 4.18. The number of nitrogens with zero attached hydrogens (tertiary/aromatic N) is 4. The van der Waals surface area contributed by atoms with E-state index in [0.717, 1.165) is 17.7 Å². The number of rotatable bonds is 9. The van der Waals surface area contributed by atoms with E-state index in [1.165, 1.54) is 10.8 Å². The Morgan fingerprint density at radius 3 is 2.59 bits per heavy atom. The Kier molecular flexibility index (Phi) is 6.58. The summed E-state index contributed by atoms with van der Waals surface area (Å²) in [6.07, 6.45) is 1.55. The van der Waals surface area contributed by atoms with E-state index >= 15 is 0 Å².